The lowest BCUT2D eigenvalue weighted by Gasteiger charge is -2.24. The van der Waals surface area contributed by atoms with Gasteiger partial charge in [-0.2, -0.15) is 0 Å². The second-order valence-electron chi connectivity index (χ2n) is 3.03. The van der Waals surface area contributed by atoms with E-state index in [1.165, 1.54) is 5.56 Å². The highest BCUT2D eigenvalue weighted by atomic mass is 79.9. The molecule has 2 rings (SSSR count). The standard InChI is InChI=1S/C10H11BrO2/c1-12-10-9-3-2-8(11)6-7(9)4-5-13-10/h2-3,6,10H,4-5H2,1H3/t10-/m0/s1. The Morgan fingerprint density at radius 1 is 1.54 bits per heavy atom. The fraction of sp³-hybridized carbons (Fsp3) is 0.400. The molecule has 1 atom stereocenters. The Morgan fingerprint density at radius 3 is 3.15 bits per heavy atom. The van der Waals surface area contributed by atoms with Gasteiger partial charge in [-0.15, -0.1) is 0 Å². The minimum Gasteiger partial charge on any atom is -0.352 e. The molecular weight excluding hydrogens is 232 g/mol. The van der Waals surface area contributed by atoms with Gasteiger partial charge in [0.1, 0.15) is 0 Å². The monoisotopic (exact) mass is 242 g/mol. The molecule has 0 N–H and O–H groups in total. The normalized spacial score (nSPS) is 21.2. The molecule has 1 aromatic carbocycles. The number of hydrogen-bond donors (Lipinski definition) is 0. The molecule has 3 heteroatoms. The van der Waals surface area contributed by atoms with Gasteiger partial charge in [0.2, 0.25) is 0 Å². The van der Waals surface area contributed by atoms with Gasteiger partial charge in [-0.1, -0.05) is 22.0 Å². The van der Waals surface area contributed by atoms with E-state index in [0.717, 1.165) is 23.1 Å². The molecule has 0 saturated carbocycles. The molecule has 1 heterocycles. The van der Waals surface area contributed by atoms with Crippen LogP contribution in [-0.4, -0.2) is 13.7 Å². The van der Waals surface area contributed by atoms with E-state index in [-0.39, 0.29) is 6.29 Å². The van der Waals surface area contributed by atoms with E-state index in [2.05, 4.69) is 22.0 Å². The first-order chi connectivity index (χ1) is 6.31. The smallest absolute Gasteiger partial charge is 0.183 e. The van der Waals surface area contributed by atoms with Crippen molar-refractivity contribution in [3.63, 3.8) is 0 Å². The third-order valence-electron chi connectivity index (χ3n) is 2.21. The number of benzene rings is 1. The molecule has 0 spiro atoms. The molecule has 0 bridgehead atoms. The van der Waals surface area contributed by atoms with Crippen LogP contribution in [0, 0.1) is 0 Å². The van der Waals surface area contributed by atoms with Crippen molar-refractivity contribution in [2.75, 3.05) is 13.7 Å². The van der Waals surface area contributed by atoms with E-state index < -0.39 is 0 Å². The van der Waals surface area contributed by atoms with Crippen molar-refractivity contribution in [2.24, 2.45) is 0 Å². The number of halogens is 1. The summed E-state index contributed by atoms with van der Waals surface area (Å²) in [7, 11) is 1.67. The van der Waals surface area contributed by atoms with Gasteiger partial charge < -0.3 is 9.47 Å². The van der Waals surface area contributed by atoms with E-state index >= 15 is 0 Å². The Hall–Kier alpha value is -0.380. The van der Waals surface area contributed by atoms with Crippen molar-refractivity contribution in [2.45, 2.75) is 12.7 Å². The van der Waals surface area contributed by atoms with Crippen LogP contribution in [0.2, 0.25) is 0 Å². The molecule has 13 heavy (non-hydrogen) atoms. The maximum Gasteiger partial charge on any atom is 0.183 e. The van der Waals surface area contributed by atoms with Gasteiger partial charge in [-0.05, 0) is 24.1 Å². The Kier molecular flexibility index (Phi) is 2.67. The highest BCUT2D eigenvalue weighted by molar-refractivity contribution is 9.10. The minimum atomic E-state index is -0.183. The predicted octanol–water partition coefficient (Wildman–Crippen LogP) is 2.67. The summed E-state index contributed by atoms with van der Waals surface area (Å²) in [5, 5.41) is 0. The van der Waals surface area contributed by atoms with Gasteiger partial charge in [0.05, 0.1) is 6.61 Å². The molecule has 0 amide bonds. The Labute approximate surface area is 86.0 Å². The quantitative estimate of drug-likeness (QED) is 0.754. The number of methoxy groups -OCH3 is 1. The third-order valence-corrected chi connectivity index (χ3v) is 2.71. The van der Waals surface area contributed by atoms with Gasteiger partial charge in [-0.3, -0.25) is 0 Å². The van der Waals surface area contributed by atoms with Crippen molar-refractivity contribution in [3.8, 4) is 0 Å². The average molecular weight is 243 g/mol. The van der Waals surface area contributed by atoms with Gasteiger partial charge in [0.15, 0.2) is 6.29 Å². The summed E-state index contributed by atoms with van der Waals surface area (Å²) >= 11 is 3.45. The van der Waals surface area contributed by atoms with Crippen molar-refractivity contribution in [3.05, 3.63) is 33.8 Å². The van der Waals surface area contributed by atoms with Gasteiger partial charge >= 0.3 is 0 Å². The topological polar surface area (TPSA) is 18.5 Å². The number of hydrogen-bond acceptors (Lipinski definition) is 2. The highest BCUT2D eigenvalue weighted by Crippen LogP contribution is 2.29. The maximum absolute atomic E-state index is 5.46. The second kappa shape index (κ2) is 3.78. The summed E-state index contributed by atoms with van der Waals surface area (Å²) < 4.78 is 11.8. The predicted molar refractivity (Wildman–Crippen MR) is 53.5 cm³/mol. The summed E-state index contributed by atoms with van der Waals surface area (Å²) in [5.41, 5.74) is 2.46. The molecule has 1 aliphatic heterocycles. The van der Waals surface area contributed by atoms with E-state index in [4.69, 9.17) is 9.47 Å². The van der Waals surface area contributed by atoms with Crippen LogP contribution in [0.15, 0.2) is 22.7 Å². The number of ether oxygens (including phenoxy) is 2. The lowest BCUT2D eigenvalue weighted by molar-refractivity contribution is -0.134. The Bertz CT molecular complexity index is 312. The fourth-order valence-corrected chi connectivity index (χ4v) is 1.99. The zero-order valence-electron chi connectivity index (χ0n) is 7.42. The van der Waals surface area contributed by atoms with Crippen LogP contribution in [0.5, 0.6) is 0 Å². The first-order valence-corrected chi connectivity index (χ1v) is 5.03. The van der Waals surface area contributed by atoms with Crippen LogP contribution in [-0.2, 0) is 15.9 Å². The van der Waals surface area contributed by atoms with Crippen molar-refractivity contribution < 1.29 is 9.47 Å². The lowest BCUT2D eigenvalue weighted by Crippen LogP contribution is -2.17. The zero-order chi connectivity index (χ0) is 9.26. The maximum atomic E-state index is 5.46. The molecule has 0 aromatic heterocycles. The molecule has 0 unspecified atom stereocenters. The van der Waals surface area contributed by atoms with Crippen LogP contribution in [0.1, 0.15) is 17.4 Å². The summed E-state index contributed by atoms with van der Waals surface area (Å²) in [4.78, 5) is 0. The van der Waals surface area contributed by atoms with E-state index in [1.54, 1.807) is 7.11 Å². The van der Waals surface area contributed by atoms with Crippen LogP contribution in [0.3, 0.4) is 0 Å². The lowest BCUT2D eigenvalue weighted by atomic mass is 10.0. The van der Waals surface area contributed by atoms with Crippen molar-refractivity contribution in [1.82, 2.24) is 0 Å². The molecule has 1 aliphatic rings. The van der Waals surface area contributed by atoms with Crippen LogP contribution in [0.4, 0.5) is 0 Å². The van der Waals surface area contributed by atoms with Crippen molar-refractivity contribution in [1.29, 1.82) is 0 Å². The summed E-state index contributed by atoms with van der Waals surface area (Å²) in [6, 6.07) is 6.19. The molecule has 0 fully saturated rings. The molecule has 0 aliphatic carbocycles. The van der Waals surface area contributed by atoms with Gasteiger partial charge in [0, 0.05) is 17.1 Å². The first kappa shape index (κ1) is 9.19. The Morgan fingerprint density at radius 2 is 2.38 bits per heavy atom. The van der Waals surface area contributed by atoms with E-state index in [1.807, 2.05) is 12.1 Å². The van der Waals surface area contributed by atoms with Crippen LogP contribution >= 0.6 is 15.9 Å². The number of rotatable bonds is 1. The zero-order valence-corrected chi connectivity index (χ0v) is 9.00. The fourth-order valence-electron chi connectivity index (χ4n) is 1.58. The molecule has 0 saturated heterocycles. The molecule has 0 radical (unpaired) electrons. The van der Waals surface area contributed by atoms with Gasteiger partial charge in [-0.25, -0.2) is 0 Å². The second-order valence-corrected chi connectivity index (χ2v) is 3.95. The van der Waals surface area contributed by atoms with E-state index in [9.17, 15) is 0 Å². The van der Waals surface area contributed by atoms with Crippen LogP contribution < -0.4 is 0 Å². The summed E-state index contributed by atoms with van der Waals surface area (Å²) in [5.74, 6) is 0. The van der Waals surface area contributed by atoms with Gasteiger partial charge in [0.25, 0.3) is 0 Å². The third kappa shape index (κ3) is 1.77. The molecule has 70 valence electrons. The van der Waals surface area contributed by atoms with Crippen LogP contribution in [0.25, 0.3) is 0 Å². The molecule has 1 aromatic rings. The first-order valence-electron chi connectivity index (χ1n) is 4.24. The largest absolute Gasteiger partial charge is 0.352 e. The molecular formula is C10H11BrO2. The number of fused-ring (bicyclic) bond motifs is 1. The highest BCUT2D eigenvalue weighted by Gasteiger charge is 2.19. The average Bonchev–Trinajstić information content (AvgIpc) is 2.16. The van der Waals surface area contributed by atoms with Crippen molar-refractivity contribution >= 4 is 15.9 Å². The summed E-state index contributed by atoms with van der Waals surface area (Å²) in [6.45, 7) is 0.738. The Balaban J connectivity index is 2.40. The summed E-state index contributed by atoms with van der Waals surface area (Å²) in [6.07, 6.45) is 0.783. The molecule has 2 nitrogen and oxygen atoms in total. The minimum absolute atomic E-state index is 0.183. The SMILES string of the molecule is CO[C@H]1OCCc2cc(Br)ccc21. The van der Waals surface area contributed by atoms with E-state index in [0.29, 0.717) is 0 Å².